The first kappa shape index (κ1) is 11.4. The first-order chi connectivity index (χ1) is 8.00. The lowest BCUT2D eigenvalue weighted by Crippen LogP contribution is -2.07. The van der Waals surface area contributed by atoms with E-state index < -0.39 is 17.5 Å². The topological polar surface area (TPSA) is 33.1 Å². The molecule has 0 atom stereocenters. The summed E-state index contributed by atoms with van der Waals surface area (Å²) in [6.45, 7) is 0. The summed E-state index contributed by atoms with van der Waals surface area (Å²) in [4.78, 5) is 3.37. The number of hydrogen-bond donors (Lipinski definition) is 1. The summed E-state index contributed by atoms with van der Waals surface area (Å²) < 4.78 is 38.3. The van der Waals surface area contributed by atoms with Crippen molar-refractivity contribution in [3.63, 3.8) is 0 Å². The lowest BCUT2D eigenvalue weighted by Gasteiger charge is -2.13. The van der Waals surface area contributed by atoms with Crippen LogP contribution in [0.2, 0.25) is 0 Å². The Kier molecular flexibility index (Phi) is 2.75. The Morgan fingerprint density at radius 3 is 2.24 bits per heavy atom. The molecule has 0 saturated carbocycles. The molecule has 0 aliphatic heterocycles. The fraction of sp³-hybridized carbons (Fsp3) is 0.0833. The molecule has 0 amide bonds. The van der Waals surface area contributed by atoms with E-state index in [4.69, 9.17) is 0 Å². The Balaban J connectivity index is 2.69. The van der Waals surface area contributed by atoms with Crippen LogP contribution in [0.25, 0.3) is 11.1 Å². The molecular weight excluding hydrogens is 231 g/mol. The van der Waals surface area contributed by atoms with Crippen molar-refractivity contribution < 1.29 is 18.3 Å². The Hall–Kier alpha value is -2.04. The number of alkyl halides is 3. The summed E-state index contributed by atoms with van der Waals surface area (Å²) in [5.41, 5.74) is -0.878. The molecule has 1 N–H and O–H groups in total. The Morgan fingerprint density at radius 2 is 1.65 bits per heavy atom. The van der Waals surface area contributed by atoms with E-state index in [1.165, 1.54) is 12.1 Å². The third kappa shape index (κ3) is 2.22. The van der Waals surface area contributed by atoms with Gasteiger partial charge in [0.15, 0.2) is 0 Å². The van der Waals surface area contributed by atoms with Crippen molar-refractivity contribution in [2.75, 3.05) is 0 Å². The van der Waals surface area contributed by atoms with Crippen molar-refractivity contribution in [3.8, 4) is 16.9 Å². The largest absolute Gasteiger partial charge is 0.506 e. The smallest absolute Gasteiger partial charge is 0.418 e. The molecule has 0 saturated heterocycles. The monoisotopic (exact) mass is 239 g/mol. The third-order valence-corrected chi connectivity index (χ3v) is 2.29. The van der Waals surface area contributed by atoms with Crippen molar-refractivity contribution in [3.05, 3.63) is 48.3 Å². The first-order valence-corrected chi connectivity index (χ1v) is 4.79. The normalized spacial score (nSPS) is 11.5. The Bertz CT molecular complexity index is 523. The summed E-state index contributed by atoms with van der Waals surface area (Å²) in [6, 6.07) is 7.91. The van der Waals surface area contributed by atoms with Gasteiger partial charge in [-0.1, -0.05) is 30.3 Å². The molecule has 0 radical (unpaired) electrons. The molecule has 0 fully saturated rings. The highest BCUT2D eigenvalue weighted by Gasteiger charge is 2.35. The standard InChI is InChI=1S/C12H8F3NO/c13-12(14,15)9-6-16-7-10(17)11(9)8-4-2-1-3-5-8/h1-7,17H. The molecule has 2 nitrogen and oxygen atoms in total. The van der Waals surface area contributed by atoms with Crippen LogP contribution in [-0.2, 0) is 6.18 Å². The van der Waals surface area contributed by atoms with Crippen LogP contribution in [0.1, 0.15) is 5.56 Å². The van der Waals surface area contributed by atoms with Crippen molar-refractivity contribution in [2.45, 2.75) is 6.18 Å². The van der Waals surface area contributed by atoms with Gasteiger partial charge in [-0.3, -0.25) is 4.98 Å². The van der Waals surface area contributed by atoms with E-state index in [-0.39, 0.29) is 5.56 Å². The third-order valence-electron chi connectivity index (χ3n) is 2.29. The lowest BCUT2D eigenvalue weighted by molar-refractivity contribution is -0.137. The van der Waals surface area contributed by atoms with Gasteiger partial charge in [0.1, 0.15) is 5.75 Å². The fourth-order valence-electron chi connectivity index (χ4n) is 1.57. The highest BCUT2D eigenvalue weighted by molar-refractivity contribution is 5.73. The van der Waals surface area contributed by atoms with Crippen LogP contribution in [0, 0.1) is 0 Å². The lowest BCUT2D eigenvalue weighted by atomic mass is 10.0. The first-order valence-electron chi connectivity index (χ1n) is 4.79. The minimum Gasteiger partial charge on any atom is -0.506 e. The van der Waals surface area contributed by atoms with E-state index >= 15 is 0 Å². The van der Waals surface area contributed by atoms with E-state index in [2.05, 4.69) is 4.98 Å². The maximum absolute atomic E-state index is 12.8. The molecule has 2 aromatic rings. The van der Waals surface area contributed by atoms with E-state index in [9.17, 15) is 18.3 Å². The van der Waals surface area contributed by atoms with Gasteiger partial charge in [0, 0.05) is 11.8 Å². The van der Waals surface area contributed by atoms with Gasteiger partial charge in [0.2, 0.25) is 0 Å². The predicted octanol–water partition coefficient (Wildman–Crippen LogP) is 3.47. The van der Waals surface area contributed by atoms with E-state index in [1.807, 2.05) is 0 Å². The predicted molar refractivity (Wildman–Crippen MR) is 56.3 cm³/mol. The molecule has 2 rings (SSSR count). The van der Waals surface area contributed by atoms with Gasteiger partial charge >= 0.3 is 6.18 Å². The molecule has 0 bridgehead atoms. The van der Waals surface area contributed by atoms with Crippen LogP contribution < -0.4 is 0 Å². The Labute approximate surface area is 95.4 Å². The number of aromatic hydroxyl groups is 1. The van der Waals surface area contributed by atoms with Crippen LogP contribution in [-0.4, -0.2) is 10.1 Å². The van der Waals surface area contributed by atoms with Crippen LogP contribution in [0.4, 0.5) is 13.2 Å². The van der Waals surface area contributed by atoms with Crippen molar-refractivity contribution in [1.29, 1.82) is 0 Å². The average Bonchev–Trinajstić information content (AvgIpc) is 2.28. The number of pyridine rings is 1. The van der Waals surface area contributed by atoms with Gasteiger partial charge < -0.3 is 5.11 Å². The van der Waals surface area contributed by atoms with Crippen LogP contribution in [0.3, 0.4) is 0 Å². The minimum atomic E-state index is -4.54. The van der Waals surface area contributed by atoms with Crippen molar-refractivity contribution in [2.24, 2.45) is 0 Å². The van der Waals surface area contributed by atoms with Gasteiger partial charge in [-0.15, -0.1) is 0 Å². The van der Waals surface area contributed by atoms with Gasteiger partial charge in [0.25, 0.3) is 0 Å². The maximum atomic E-state index is 12.8. The molecule has 1 aromatic carbocycles. The molecule has 17 heavy (non-hydrogen) atoms. The van der Waals surface area contributed by atoms with Crippen LogP contribution in [0.15, 0.2) is 42.7 Å². The highest BCUT2D eigenvalue weighted by Crippen LogP contribution is 2.40. The second kappa shape index (κ2) is 4.08. The van der Waals surface area contributed by atoms with Crippen molar-refractivity contribution in [1.82, 2.24) is 4.98 Å². The number of nitrogens with zero attached hydrogens (tertiary/aromatic N) is 1. The molecule has 5 heteroatoms. The van der Waals surface area contributed by atoms with Crippen LogP contribution in [0.5, 0.6) is 5.75 Å². The maximum Gasteiger partial charge on any atom is 0.418 e. The summed E-state index contributed by atoms with van der Waals surface area (Å²) in [5, 5.41) is 9.55. The number of halogens is 3. The number of hydrogen-bond acceptors (Lipinski definition) is 2. The molecule has 0 spiro atoms. The number of aromatic nitrogens is 1. The molecular formula is C12H8F3NO. The molecule has 0 aliphatic carbocycles. The average molecular weight is 239 g/mol. The second-order valence-corrected chi connectivity index (χ2v) is 3.44. The quantitative estimate of drug-likeness (QED) is 0.826. The summed E-state index contributed by atoms with van der Waals surface area (Å²) >= 11 is 0. The second-order valence-electron chi connectivity index (χ2n) is 3.44. The molecule has 0 unspecified atom stereocenters. The Morgan fingerprint density at radius 1 is 1.00 bits per heavy atom. The van der Waals surface area contributed by atoms with Crippen LogP contribution >= 0.6 is 0 Å². The summed E-state index contributed by atoms with van der Waals surface area (Å²) in [6.07, 6.45) is -2.84. The number of benzene rings is 1. The summed E-state index contributed by atoms with van der Waals surface area (Å²) in [5.74, 6) is -0.481. The highest BCUT2D eigenvalue weighted by atomic mass is 19.4. The zero-order valence-electron chi connectivity index (χ0n) is 8.57. The fourth-order valence-corrected chi connectivity index (χ4v) is 1.57. The van der Waals surface area contributed by atoms with E-state index in [1.54, 1.807) is 18.2 Å². The van der Waals surface area contributed by atoms with Gasteiger partial charge in [-0.2, -0.15) is 13.2 Å². The summed E-state index contributed by atoms with van der Waals surface area (Å²) in [7, 11) is 0. The zero-order valence-corrected chi connectivity index (χ0v) is 8.57. The molecule has 1 aromatic heterocycles. The molecule has 0 aliphatic rings. The van der Waals surface area contributed by atoms with E-state index in [0.29, 0.717) is 11.8 Å². The SMILES string of the molecule is Oc1cncc(C(F)(F)F)c1-c1ccccc1. The molecule has 88 valence electrons. The number of rotatable bonds is 1. The van der Waals surface area contributed by atoms with Gasteiger partial charge in [0.05, 0.1) is 11.8 Å². The van der Waals surface area contributed by atoms with Gasteiger partial charge in [-0.05, 0) is 5.56 Å². The minimum absolute atomic E-state index is 0.242. The zero-order chi connectivity index (χ0) is 12.5. The van der Waals surface area contributed by atoms with Gasteiger partial charge in [-0.25, -0.2) is 0 Å². The van der Waals surface area contributed by atoms with E-state index in [0.717, 1.165) is 6.20 Å². The molecule has 1 heterocycles. The van der Waals surface area contributed by atoms with Crippen molar-refractivity contribution >= 4 is 0 Å².